The van der Waals surface area contributed by atoms with Crippen LogP contribution in [0.3, 0.4) is 0 Å². The Labute approximate surface area is 125 Å². The van der Waals surface area contributed by atoms with Crippen molar-refractivity contribution < 1.29 is 4.39 Å². The van der Waals surface area contributed by atoms with Gasteiger partial charge in [0.15, 0.2) is 0 Å². The molecule has 0 heterocycles. The molecule has 3 rings (SSSR count). The van der Waals surface area contributed by atoms with Gasteiger partial charge in [-0.15, -0.1) is 0 Å². The molecule has 1 fully saturated rings. The number of hydrogen-bond acceptors (Lipinski definition) is 2. The maximum absolute atomic E-state index is 13.9. The number of hydrogen-bond donors (Lipinski definition) is 1. The SMILES string of the molecule is Cc1cc(CNC2CC2)ccc1N(C)c1ccccc1F. The summed E-state index contributed by atoms with van der Waals surface area (Å²) in [5.74, 6) is -0.195. The Morgan fingerprint density at radius 1 is 1.14 bits per heavy atom. The highest BCUT2D eigenvalue weighted by molar-refractivity contribution is 5.66. The Hall–Kier alpha value is -1.87. The van der Waals surface area contributed by atoms with Crippen LogP contribution in [0.4, 0.5) is 15.8 Å². The maximum Gasteiger partial charge on any atom is 0.146 e. The van der Waals surface area contributed by atoms with E-state index in [2.05, 4.69) is 30.4 Å². The predicted octanol–water partition coefficient (Wildman–Crippen LogP) is 4.15. The maximum atomic E-state index is 13.9. The summed E-state index contributed by atoms with van der Waals surface area (Å²) >= 11 is 0. The molecule has 110 valence electrons. The largest absolute Gasteiger partial charge is 0.342 e. The number of benzene rings is 2. The van der Waals surface area contributed by atoms with Crippen LogP contribution >= 0.6 is 0 Å². The minimum Gasteiger partial charge on any atom is -0.342 e. The lowest BCUT2D eigenvalue weighted by molar-refractivity contribution is 0.627. The summed E-state index contributed by atoms with van der Waals surface area (Å²) in [6.07, 6.45) is 2.60. The van der Waals surface area contributed by atoms with Crippen molar-refractivity contribution in [2.24, 2.45) is 0 Å². The van der Waals surface area contributed by atoms with E-state index in [1.54, 1.807) is 12.1 Å². The van der Waals surface area contributed by atoms with Crippen LogP contribution in [0, 0.1) is 12.7 Å². The average Bonchev–Trinajstić information content (AvgIpc) is 3.29. The third-order valence-electron chi connectivity index (χ3n) is 4.01. The van der Waals surface area contributed by atoms with E-state index in [0.29, 0.717) is 11.7 Å². The molecule has 0 atom stereocenters. The van der Waals surface area contributed by atoms with Gasteiger partial charge in [0.25, 0.3) is 0 Å². The molecule has 21 heavy (non-hydrogen) atoms. The molecule has 2 nitrogen and oxygen atoms in total. The highest BCUT2D eigenvalue weighted by Crippen LogP contribution is 2.29. The van der Waals surface area contributed by atoms with Crippen molar-refractivity contribution >= 4 is 11.4 Å². The predicted molar refractivity (Wildman–Crippen MR) is 85.5 cm³/mol. The van der Waals surface area contributed by atoms with Gasteiger partial charge in [-0.2, -0.15) is 0 Å². The van der Waals surface area contributed by atoms with E-state index < -0.39 is 0 Å². The van der Waals surface area contributed by atoms with E-state index in [1.165, 1.54) is 24.5 Å². The molecule has 2 aromatic rings. The summed E-state index contributed by atoms with van der Waals surface area (Å²) in [5, 5.41) is 3.52. The highest BCUT2D eigenvalue weighted by Gasteiger charge is 2.20. The zero-order valence-electron chi connectivity index (χ0n) is 12.6. The van der Waals surface area contributed by atoms with E-state index in [-0.39, 0.29) is 5.82 Å². The molecule has 0 aromatic heterocycles. The fraction of sp³-hybridized carbons (Fsp3) is 0.333. The third-order valence-corrected chi connectivity index (χ3v) is 4.01. The van der Waals surface area contributed by atoms with Crippen molar-refractivity contribution in [2.75, 3.05) is 11.9 Å². The lowest BCUT2D eigenvalue weighted by Gasteiger charge is -2.22. The van der Waals surface area contributed by atoms with Gasteiger partial charge >= 0.3 is 0 Å². The Morgan fingerprint density at radius 3 is 2.57 bits per heavy atom. The van der Waals surface area contributed by atoms with Crippen molar-refractivity contribution in [3.63, 3.8) is 0 Å². The van der Waals surface area contributed by atoms with Gasteiger partial charge in [0.1, 0.15) is 5.82 Å². The molecule has 0 aliphatic heterocycles. The first kappa shape index (κ1) is 14.1. The summed E-state index contributed by atoms with van der Waals surface area (Å²) in [5.41, 5.74) is 4.08. The Balaban J connectivity index is 1.79. The number of halogens is 1. The second-order valence-electron chi connectivity index (χ2n) is 5.79. The van der Waals surface area contributed by atoms with E-state index in [9.17, 15) is 4.39 Å². The van der Waals surface area contributed by atoms with Crippen LogP contribution in [-0.4, -0.2) is 13.1 Å². The minimum absolute atomic E-state index is 0.195. The summed E-state index contributed by atoms with van der Waals surface area (Å²) in [4.78, 5) is 1.91. The summed E-state index contributed by atoms with van der Waals surface area (Å²) in [6.45, 7) is 2.99. The first-order chi connectivity index (χ1) is 10.1. The molecular formula is C18H21FN2. The van der Waals surface area contributed by atoms with Gasteiger partial charge in [0, 0.05) is 25.3 Å². The number of nitrogens with one attached hydrogen (secondary N) is 1. The van der Waals surface area contributed by atoms with E-state index in [1.807, 2.05) is 18.0 Å². The molecule has 0 radical (unpaired) electrons. The van der Waals surface area contributed by atoms with Crippen LogP contribution in [0.25, 0.3) is 0 Å². The van der Waals surface area contributed by atoms with Crippen molar-refractivity contribution in [3.05, 3.63) is 59.4 Å². The molecule has 1 aliphatic rings. The quantitative estimate of drug-likeness (QED) is 0.887. The van der Waals surface area contributed by atoms with Crippen LogP contribution in [0.2, 0.25) is 0 Å². The molecule has 2 aromatic carbocycles. The van der Waals surface area contributed by atoms with Gasteiger partial charge in [-0.25, -0.2) is 4.39 Å². The topological polar surface area (TPSA) is 15.3 Å². The smallest absolute Gasteiger partial charge is 0.146 e. The first-order valence-electron chi connectivity index (χ1n) is 7.46. The van der Waals surface area contributed by atoms with Crippen LogP contribution in [0.5, 0.6) is 0 Å². The lowest BCUT2D eigenvalue weighted by Crippen LogP contribution is -2.16. The van der Waals surface area contributed by atoms with Crippen LogP contribution in [0.15, 0.2) is 42.5 Å². The van der Waals surface area contributed by atoms with Crippen LogP contribution < -0.4 is 10.2 Å². The van der Waals surface area contributed by atoms with Crippen LogP contribution in [-0.2, 0) is 6.54 Å². The Kier molecular flexibility index (Phi) is 3.93. The second-order valence-corrected chi connectivity index (χ2v) is 5.79. The minimum atomic E-state index is -0.195. The normalized spacial score (nSPS) is 14.2. The number of rotatable bonds is 5. The van der Waals surface area contributed by atoms with Crippen molar-refractivity contribution in [2.45, 2.75) is 32.4 Å². The van der Waals surface area contributed by atoms with E-state index >= 15 is 0 Å². The standard InChI is InChI=1S/C18H21FN2/c1-13-11-14(12-20-15-8-9-15)7-10-17(13)21(2)18-6-4-3-5-16(18)19/h3-7,10-11,15,20H,8-9,12H2,1-2H3. The number of aryl methyl sites for hydroxylation is 1. The highest BCUT2D eigenvalue weighted by atomic mass is 19.1. The zero-order chi connectivity index (χ0) is 14.8. The Morgan fingerprint density at radius 2 is 1.90 bits per heavy atom. The molecule has 0 spiro atoms. The lowest BCUT2D eigenvalue weighted by atomic mass is 10.1. The molecule has 1 aliphatic carbocycles. The Bertz CT molecular complexity index is 635. The zero-order valence-corrected chi connectivity index (χ0v) is 12.6. The molecular weight excluding hydrogens is 263 g/mol. The van der Waals surface area contributed by atoms with Gasteiger partial charge in [0.05, 0.1) is 5.69 Å². The van der Waals surface area contributed by atoms with Crippen molar-refractivity contribution in [1.82, 2.24) is 5.32 Å². The van der Waals surface area contributed by atoms with Crippen molar-refractivity contribution in [3.8, 4) is 0 Å². The van der Waals surface area contributed by atoms with Gasteiger partial charge in [-0.3, -0.25) is 0 Å². The summed E-state index contributed by atoms with van der Waals surface area (Å²) in [6, 6.07) is 14.0. The molecule has 0 amide bonds. The fourth-order valence-corrected chi connectivity index (χ4v) is 2.61. The molecule has 0 unspecified atom stereocenters. The van der Waals surface area contributed by atoms with E-state index in [0.717, 1.165) is 17.8 Å². The molecule has 0 saturated heterocycles. The third kappa shape index (κ3) is 3.24. The van der Waals surface area contributed by atoms with E-state index in [4.69, 9.17) is 0 Å². The van der Waals surface area contributed by atoms with Gasteiger partial charge < -0.3 is 10.2 Å². The average molecular weight is 284 g/mol. The molecule has 1 saturated carbocycles. The molecule has 0 bridgehead atoms. The van der Waals surface area contributed by atoms with Crippen molar-refractivity contribution in [1.29, 1.82) is 0 Å². The molecule has 3 heteroatoms. The summed E-state index contributed by atoms with van der Waals surface area (Å²) in [7, 11) is 1.91. The molecule has 1 N–H and O–H groups in total. The van der Waals surface area contributed by atoms with Gasteiger partial charge in [-0.1, -0.05) is 24.3 Å². The second kappa shape index (κ2) is 5.86. The number of para-hydroxylation sites is 1. The summed E-state index contributed by atoms with van der Waals surface area (Å²) < 4.78 is 13.9. The fourth-order valence-electron chi connectivity index (χ4n) is 2.61. The van der Waals surface area contributed by atoms with Gasteiger partial charge in [-0.05, 0) is 49.1 Å². The monoisotopic (exact) mass is 284 g/mol. The first-order valence-corrected chi connectivity index (χ1v) is 7.46. The van der Waals surface area contributed by atoms with Gasteiger partial charge in [0.2, 0.25) is 0 Å². The van der Waals surface area contributed by atoms with Crippen LogP contribution in [0.1, 0.15) is 24.0 Å². The number of anilines is 2. The number of nitrogens with zero attached hydrogens (tertiary/aromatic N) is 1.